The van der Waals surface area contributed by atoms with Crippen LogP contribution >= 0.6 is 0 Å². The Balaban J connectivity index is 2.16. The number of methoxy groups -OCH3 is 1. The molecular weight excluding hydrogens is 238 g/mol. The summed E-state index contributed by atoms with van der Waals surface area (Å²) < 4.78 is 5.25. The molecule has 0 spiro atoms. The highest BCUT2D eigenvalue weighted by molar-refractivity contribution is 5.85. The van der Waals surface area contributed by atoms with Crippen molar-refractivity contribution in [2.24, 2.45) is 22.4 Å². The van der Waals surface area contributed by atoms with E-state index in [9.17, 15) is 0 Å². The van der Waals surface area contributed by atoms with Crippen molar-refractivity contribution >= 4 is 11.5 Å². The van der Waals surface area contributed by atoms with Gasteiger partial charge >= 0.3 is 0 Å². The number of hydrogen-bond donors (Lipinski definition) is 2. The Labute approximate surface area is 114 Å². The summed E-state index contributed by atoms with van der Waals surface area (Å²) in [5.41, 5.74) is 13.7. The Morgan fingerprint density at radius 2 is 2.05 bits per heavy atom. The molecule has 19 heavy (non-hydrogen) atoms. The second-order valence-corrected chi connectivity index (χ2v) is 5.07. The lowest BCUT2D eigenvalue weighted by Crippen LogP contribution is -2.25. The molecule has 0 aliphatic heterocycles. The van der Waals surface area contributed by atoms with E-state index in [0.717, 1.165) is 35.7 Å². The first-order valence-electron chi connectivity index (χ1n) is 6.95. The minimum Gasteiger partial charge on any atom is -0.496 e. The van der Waals surface area contributed by atoms with Crippen LogP contribution in [0.3, 0.4) is 0 Å². The van der Waals surface area contributed by atoms with Gasteiger partial charge < -0.3 is 16.2 Å². The predicted octanol–water partition coefficient (Wildman–Crippen LogP) is 2.72. The molecule has 0 amide bonds. The molecule has 0 atom stereocenters. The predicted molar refractivity (Wildman–Crippen MR) is 78.7 cm³/mol. The summed E-state index contributed by atoms with van der Waals surface area (Å²) in [5, 5.41) is 0. The van der Waals surface area contributed by atoms with E-state index in [1.54, 1.807) is 7.11 Å². The zero-order valence-corrected chi connectivity index (χ0v) is 11.6. The van der Waals surface area contributed by atoms with Crippen LogP contribution < -0.4 is 16.2 Å². The van der Waals surface area contributed by atoms with E-state index in [1.807, 2.05) is 18.2 Å². The first-order chi connectivity index (χ1) is 9.24. The van der Waals surface area contributed by atoms with E-state index in [2.05, 4.69) is 4.99 Å². The van der Waals surface area contributed by atoms with E-state index in [-0.39, 0.29) is 0 Å². The van der Waals surface area contributed by atoms with Crippen LogP contribution in [0, 0.1) is 5.92 Å². The number of aliphatic imine (C=N–C) groups is 1. The minimum absolute atomic E-state index is 0.440. The molecule has 0 bridgehead atoms. The number of hydrogen-bond acceptors (Lipinski definition) is 3. The van der Waals surface area contributed by atoms with Gasteiger partial charge in [0.1, 0.15) is 11.6 Å². The lowest BCUT2D eigenvalue weighted by Gasteiger charge is -2.20. The third-order valence-electron chi connectivity index (χ3n) is 3.77. The quantitative estimate of drug-likeness (QED) is 0.646. The number of rotatable bonds is 4. The van der Waals surface area contributed by atoms with Crippen LogP contribution in [0.2, 0.25) is 0 Å². The van der Waals surface area contributed by atoms with E-state index < -0.39 is 0 Å². The maximum Gasteiger partial charge on any atom is 0.123 e. The van der Waals surface area contributed by atoms with Gasteiger partial charge in [0.2, 0.25) is 0 Å². The number of amidine groups is 1. The normalized spacial score (nSPS) is 17.5. The second-order valence-electron chi connectivity index (χ2n) is 5.07. The van der Waals surface area contributed by atoms with Crippen LogP contribution in [-0.4, -0.2) is 12.9 Å². The third-order valence-corrected chi connectivity index (χ3v) is 3.77. The molecule has 4 heteroatoms. The molecular formula is C15H23N3O. The van der Waals surface area contributed by atoms with Crippen molar-refractivity contribution in [1.29, 1.82) is 0 Å². The Morgan fingerprint density at radius 1 is 1.32 bits per heavy atom. The van der Waals surface area contributed by atoms with Gasteiger partial charge in [0, 0.05) is 18.0 Å². The van der Waals surface area contributed by atoms with Crippen molar-refractivity contribution in [2.75, 3.05) is 7.11 Å². The molecule has 0 aromatic heterocycles. The third kappa shape index (κ3) is 3.47. The SMILES string of the molecule is COc1ccc(N=C(N)C2CCCCC2)cc1CN. The molecule has 0 saturated heterocycles. The Bertz CT molecular complexity index is 451. The maximum atomic E-state index is 6.13. The summed E-state index contributed by atoms with van der Waals surface area (Å²) in [5.74, 6) is 2.00. The van der Waals surface area contributed by atoms with Crippen LogP contribution in [0.1, 0.15) is 37.7 Å². The van der Waals surface area contributed by atoms with E-state index in [0.29, 0.717) is 12.5 Å². The summed E-state index contributed by atoms with van der Waals surface area (Å²) in [6.07, 6.45) is 6.17. The van der Waals surface area contributed by atoms with Gasteiger partial charge in [0.15, 0.2) is 0 Å². The van der Waals surface area contributed by atoms with Crippen molar-refractivity contribution in [3.8, 4) is 5.75 Å². The lowest BCUT2D eigenvalue weighted by atomic mass is 9.88. The van der Waals surface area contributed by atoms with Gasteiger partial charge in [-0.15, -0.1) is 0 Å². The molecule has 2 rings (SSSR count). The van der Waals surface area contributed by atoms with Gasteiger partial charge in [-0.2, -0.15) is 0 Å². The summed E-state index contributed by atoms with van der Waals surface area (Å²) >= 11 is 0. The first kappa shape index (κ1) is 13.9. The average molecular weight is 261 g/mol. The summed E-state index contributed by atoms with van der Waals surface area (Å²) in [7, 11) is 1.65. The molecule has 0 heterocycles. The maximum absolute atomic E-state index is 6.13. The second kappa shape index (κ2) is 6.57. The van der Waals surface area contributed by atoms with Crippen molar-refractivity contribution in [2.45, 2.75) is 38.6 Å². The number of ether oxygens (including phenoxy) is 1. The highest BCUT2D eigenvalue weighted by Crippen LogP contribution is 2.27. The minimum atomic E-state index is 0.440. The summed E-state index contributed by atoms with van der Waals surface area (Å²) in [4.78, 5) is 4.55. The largest absolute Gasteiger partial charge is 0.496 e. The van der Waals surface area contributed by atoms with Crippen molar-refractivity contribution < 1.29 is 4.74 Å². The fourth-order valence-corrected chi connectivity index (χ4v) is 2.63. The van der Waals surface area contributed by atoms with Crippen molar-refractivity contribution in [3.63, 3.8) is 0 Å². The molecule has 0 unspecified atom stereocenters. The van der Waals surface area contributed by atoms with Crippen molar-refractivity contribution in [1.82, 2.24) is 0 Å². The van der Waals surface area contributed by atoms with Crippen LogP contribution in [0.5, 0.6) is 5.75 Å². The summed E-state index contributed by atoms with van der Waals surface area (Å²) in [6, 6.07) is 5.78. The zero-order chi connectivity index (χ0) is 13.7. The zero-order valence-electron chi connectivity index (χ0n) is 11.6. The summed E-state index contributed by atoms with van der Waals surface area (Å²) in [6.45, 7) is 0.440. The molecule has 1 aliphatic carbocycles. The van der Waals surface area contributed by atoms with Gasteiger partial charge in [-0.05, 0) is 31.0 Å². The molecule has 1 aromatic carbocycles. The molecule has 1 fully saturated rings. The Morgan fingerprint density at radius 3 is 2.68 bits per heavy atom. The average Bonchev–Trinajstić information content (AvgIpc) is 2.48. The first-order valence-corrected chi connectivity index (χ1v) is 6.95. The fraction of sp³-hybridized carbons (Fsp3) is 0.533. The number of nitrogens with zero attached hydrogens (tertiary/aromatic N) is 1. The van der Waals surface area contributed by atoms with Gasteiger partial charge in [-0.1, -0.05) is 19.3 Å². The highest BCUT2D eigenvalue weighted by atomic mass is 16.5. The molecule has 4 nitrogen and oxygen atoms in total. The molecule has 1 saturated carbocycles. The number of nitrogens with two attached hydrogens (primary N) is 2. The van der Waals surface area contributed by atoms with Crippen LogP contribution in [0.15, 0.2) is 23.2 Å². The molecule has 1 aromatic rings. The van der Waals surface area contributed by atoms with Gasteiger partial charge in [0.05, 0.1) is 12.8 Å². The lowest BCUT2D eigenvalue weighted by molar-refractivity contribution is 0.410. The van der Waals surface area contributed by atoms with Crippen LogP contribution in [-0.2, 0) is 6.54 Å². The topological polar surface area (TPSA) is 73.6 Å². The monoisotopic (exact) mass is 261 g/mol. The fourth-order valence-electron chi connectivity index (χ4n) is 2.63. The van der Waals surface area contributed by atoms with Crippen LogP contribution in [0.4, 0.5) is 5.69 Å². The van der Waals surface area contributed by atoms with Gasteiger partial charge in [-0.25, -0.2) is 4.99 Å². The standard InChI is InChI=1S/C15H23N3O/c1-19-14-8-7-13(9-12(14)10-16)18-15(17)11-5-3-2-4-6-11/h7-9,11H,2-6,10,16H2,1H3,(H2,17,18). The highest BCUT2D eigenvalue weighted by Gasteiger charge is 2.17. The smallest absolute Gasteiger partial charge is 0.123 e. The molecule has 0 radical (unpaired) electrons. The number of benzene rings is 1. The molecule has 104 valence electrons. The van der Waals surface area contributed by atoms with Gasteiger partial charge in [0.25, 0.3) is 0 Å². The molecule has 4 N–H and O–H groups in total. The van der Waals surface area contributed by atoms with E-state index >= 15 is 0 Å². The Kier molecular flexibility index (Phi) is 4.80. The van der Waals surface area contributed by atoms with E-state index in [4.69, 9.17) is 16.2 Å². The molecule has 1 aliphatic rings. The Hall–Kier alpha value is -1.55. The van der Waals surface area contributed by atoms with E-state index in [1.165, 1.54) is 19.3 Å². The van der Waals surface area contributed by atoms with Crippen LogP contribution in [0.25, 0.3) is 0 Å². The van der Waals surface area contributed by atoms with Gasteiger partial charge in [-0.3, -0.25) is 0 Å². The van der Waals surface area contributed by atoms with Crippen molar-refractivity contribution in [3.05, 3.63) is 23.8 Å².